The number of rotatable bonds is 5. The maximum atomic E-state index is 12.7. The zero-order valence-corrected chi connectivity index (χ0v) is 17.0. The van der Waals surface area contributed by atoms with Crippen LogP contribution in [-0.4, -0.2) is 18.9 Å². The van der Waals surface area contributed by atoms with Crippen molar-refractivity contribution in [1.82, 2.24) is 5.32 Å². The van der Waals surface area contributed by atoms with Crippen molar-refractivity contribution >= 4 is 28.5 Å². The fraction of sp³-hybridized carbons (Fsp3) is 0.304. The van der Waals surface area contributed by atoms with E-state index in [1.165, 1.54) is 11.1 Å². The van der Waals surface area contributed by atoms with Crippen molar-refractivity contribution in [1.29, 1.82) is 0 Å². The van der Waals surface area contributed by atoms with E-state index < -0.39 is 0 Å². The van der Waals surface area contributed by atoms with Crippen LogP contribution in [0.4, 0.5) is 5.69 Å². The summed E-state index contributed by atoms with van der Waals surface area (Å²) in [5.74, 6) is 0.0653. The van der Waals surface area contributed by atoms with E-state index in [-0.39, 0.29) is 18.2 Å². The highest BCUT2D eigenvalue weighted by Crippen LogP contribution is 2.29. The van der Waals surface area contributed by atoms with Gasteiger partial charge in [-0.1, -0.05) is 19.9 Å². The van der Waals surface area contributed by atoms with Crippen LogP contribution in [0.1, 0.15) is 52.4 Å². The first-order valence-electron chi connectivity index (χ1n) is 9.43. The molecule has 28 heavy (non-hydrogen) atoms. The first kappa shape index (κ1) is 19.7. The van der Waals surface area contributed by atoms with Crippen LogP contribution in [0.5, 0.6) is 0 Å². The zero-order valence-electron chi connectivity index (χ0n) is 17.0. The highest BCUT2D eigenvalue weighted by Gasteiger charge is 2.15. The van der Waals surface area contributed by atoms with E-state index in [0.29, 0.717) is 17.2 Å². The molecule has 0 atom stereocenters. The summed E-state index contributed by atoms with van der Waals surface area (Å²) in [5, 5.41) is 6.49. The monoisotopic (exact) mass is 378 g/mol. The highest BCUT2D eigenvalue weighted by molar-refractivity contribution is 5.99. The predicted octanol–water partition coefficient (Wildman–Crippen LogP) is 4.71. The van der Waals surface area contributed by atoms with Gasteiger partial charge in [0.2, 0.25) is 5.91 Å². The summed E-state index contributed by atoms with van der Waals surface area (Å²) >= 11 is 0. The lowest BCUT2D eigenvalue weighted by atomic mass is 9.95. The Morgan fingerprint density at radius 2 is 1.82 bits per heavy atom. The largest absolute Gasteiger partial charge is 0.464 e. The number of benzene rings is 2. The van der Waals surface area contributed by atoms with E-state index in [2.05, 4.69) is 37.5 Å². The SMILES string of the molecule is CNC(=O)c1ccc(C)c(NC(=O)Cc2coc3cc(C)c(C(C)C)cc23)c1. The van der Waals surface area contributed by atoms with Gasteiger partial charge < -0.3 is 15.1 Å². The molecule has 0 spiro atoms. The smallest absolute Gasteiger partial charge is 0.251 e. The molecule has 0 fully saturated rings. The summed E-state index contributed by atoms with van der Waals surface area (Å²) in [7, 11) is 1.58. The summed E-state index contributed by atoms with van der Waals surface area (Å²) in [6.07, 6.45) is 1.86. The van der Waals surface area contributed by atoms with Crippen LogP contribution < -0.4 is 10.6 Å². The Morgan fingerprint density at radius 1 is 1.07 bits per heavy atom. The topological polar surface area (TPSA) is 71.3 Å². The summed E-state index contributed by atoms with van der Waals surface area (Å²) in [4.78, 5) is 24.5. The van der Waals surface area contributed by atoms with E-state index in [0.717, 1.165) is 22.1 Å². The standard InChI is InChI=1S/C23H26N2O3/c1-13(2)18-11-19-17(12-28-21(19)8-15(18)4)10-22(26)25-20-9-16(23(27)24-5)7-6-14(20)3/h6-9,11-13H,10H2,1-5H3,(H,24,27)(H,25,26). The molecule has 0 aliphatic carbocycles. The number of carbonyl (C=O) groups is 2. The number of hydrogen-bond donors (Lipinski definition) is 2. The van der Waals surface area contributed by atoms with Crippen molar-refractivity contribution in [2.45, 2.75) is 40.0 Å². The molecule has 1 aromatic heterocycles. The second-order valence-corrected chi connectivity index (χ2v) is 7.45. The third-order valence-electron chi connectivity index (χ3n) is 5.02. The quantitative estimate of drug-likeness (QED) is 0.675. The molecule has 146 valence electrons. The Kier molecular flexibility index (Phi) is 5.54. The Labute approximate surface area is 165 Å². The van der Waals surface area contributed by atoms with Gasteiger partial charge in [-0.15, -0.1) is 0 Å². The van der Waals surface area contributed by atoms with Crippen LogP contribution in [0.25, 0.3) is 11.0 Å². The van der Waals surface area contributed by atoms with E-state index in [4.69, 9.17) is 4.42 Å². The average Bonchev–Trinajstić information content (AvgIpc) is 3.03. The van der Waals surface area contributed by atoms with E-state index in [1.54, 1.807) is 25.4 Å². The number of nitrogens with one attached hydrogen (secondary N) is 2. The van der Waals surface area contributed by atoms with Gasteiger partial charge in [-0.3, -0.25) is 9.59 Å². The third kappa shape index (κ3) is 3.93. The molecule has 0 saturated heterocycles. The van der Waals surface area contributed by atoms with Crippen molar-refractivity contribution < 1.29 is 14.0 Å². The molecule has 5 nitrogen and oxygen atoms in total. The maximum absolute atomic E-state index is 12.7. The number of anilines is 1. The van der Waals surface area contributed by atoms with Crippen LogP contribution in [-0.2, 0) is 11.2 Å². The van der Waals surface area contributed by atoms with Gasteiger partial charge in [0.05, 0.1) is 12.7 Å². The normalized spacial score (nSPS) is 11.1. The number of aryl methyl sites for hydroxylation is 2. The molecule has 0 unspecified atom stereocenters. The van der Waals surface area contributed by atoms with Crippen molar-refractivity contribution in [3.05, 3.63) is 64.4 Å². The number of carbonyl (C=O) groups excluding carboxylic acids is 2. The molecule has 2 amide bonds. The van der Waals surface area contributed by atoms with Gasteiger partial charge in [-0.05, 0) is 60.7 Å². The van der Waals surface area contributed by atoms with Crippen LogP contribution in [0, 0.1) is 13.8 Å². The predicted molar refractivity (Wildman–Crippen MR) is 112 cm³/mol. The lowest BCUT2D eigenvalue weighted by molar-refractivity contribution is -0.115. The van der Waals surface area contributed by atoms with Crippen molar-refractivity contribution in [2.24, 2.45) is 0 Å². The van der Waals surface area contributed by atoms with Gasteiger partial charge >= 0.3 is 0 Å². The van der Waals surface area contributed by atoms with Gasteiger partial charge in [-0.25, -0.2) is 0 Å². The second-order valence-electron chi connectivity index (χ2n) is 7.45. The van der Waals surface area contributed by atoms with E-state index in [9.17, 15) is 9.59 Å². The number of hydrogen-bond acceptors (Lipinski definition) is 3. The minimum Gasteiger partial charge on any atom is -0.464 e. The van der Waals surface area contributed by atoms with Gasteiger partial charge in [0.25, 0.3) is 5.91 Å². The molecular weight excluding hydrogens is 352 g/mol. The first-order chi connectivity index (χ1) is 13.3. The lowest BCUT2D eigenvalue weighted by Crippen LogP contribution is -2.19. The van der Waals surface area contributed by atoms with Gasteiger partial charge in [0.1, 0.15) is 5.58 Å². The Balaban J connectivity index is 1.84. The third-order valence-corrected chi connectivity index (χ3v) is 5.02. The van der Waals surface area contributed by atoms with Crippen LogP contribution in [0.3, 0.4) is 0 Å². The fourth-order valence-corrected chi connectivity index (χ4v) is 3.41. The molecule has 3 aromatic rings. The minimum atomic E-state index is -0.187. The minimum absolute atomic E-state index is 0.147. The summed E-state index contributed by atoms with van der Waals surface area (Å²) in [6.45, 7) is 8.28. The molecule has 0 saturated carbocycles. The zero-order chi connectivity index (χ0) is 20.4. The number of furan rings is 1. The molecule has 0 bridgehead atoms. The highest BCUT2D eigenvalue weighted by atomic mass is 16.3. The van der Waals surface area contributed by atoms with E-state index in [1.807, 2.05) is 19.1 Å². The van der Waals surface area contributed by atoms with Gasteiger partial charge in [-0.2, -0.15) is 0 Å². The number of fused-ring (bicyclic) bond motifs is 1. The van der Waals surface area contributed by atoms with Crippen LogP contribution >= 0.6 is 0 Å². The molecule has 0 aliphatic heterocycles. The molecule has 2 N–H and O–H groups in total. The molecule has 5 heteroatoms. The number of amides is 2. The van der Waals surface area contributed by atoms with Crippen molar-refractivity contribution in [3.8, 4) is 0 Å². The van der Waals surface area contributed by atoms with E-state index >= 15 is 0 Å². The summed E-state index contributed by atoms with van der Waals surface area (Å²) in [6, 6.07) is 9.41. The van der Waals surface area contributed by atoms with Crippen LogP contribution in [0.2, 0.25) is 0 Å². The molecule has 1 heterocycles. The molecule has 0 aliphatic rings. The molecule has 0 radical (unpaired) electrons. The Bertz CT molecular complexity index is 1050. The van der Waals surface area contributed by atoms with Gasteiger partial charge in [0, 0.05) is 29.2 Å². The second kappa shape index (κ2) is 7.89. The lowest BCUT2D eigenvalue weighted by Gasteiger charge is -2.11. The molecule has 3 rings (SSSR count). The molecular formula is C23H26N2O3. The Morgan fingerprint density at radius 3 is 2.50 bits per heavy atom. The summed E-state index contributed by atoms with van der Waals surface area (Å²) in [5.41, 5.74) is 6.14. The maximum Gasteiger partial charge on any atom is 0.251 e. The van der Waals surface area contributed by atoms with Crippen LogP contribution in [0.15, 0.2) is 41.0 Å². The first-order valence-corrected chi connectivity index (χ1v) is 9.43. The fourth-order valence-electron chi connectivity index (χ4n) is 3.41. The Hall–Kier alpha value is -3.08. The van der Waals surface area contributed by atoms with Crippen molar-refractivity contribution in [3.63, 3.8) is 0 Å². The summed E-state index contributed by atoms with van der Waals surface area (Å²) < 4.78 is 5.67. The van der Waals surface area contributed by atoms with Gasteiger partial charge in [0.15, 0.2) is 0 Å². The van der Waals surface area contributed by atoms with Crippen molar-refractivity contribution in [2.75, 3.05) is 12.4 Å². The average molecular weight is 378 g/mol. The molecule has 2 aromatic carbocycles.